The van der Waals surface area contributed by atoms with Crippen LogP contribution in [0.25, 0.3) is 11.1 Å². The van der Waals surface area contributed by atoms with Crippen molar-refractivity contribution in [2.75, 3.05) is 34.9 Å². The maximum absolute atomic E-state index is 13.6. The molecule has 2 N–H and O–H groups in total. The molecule has 5 rings (SSSR count). The van der Waals surface area contributed by atoms with Gasteiger partial charge in [0.2, 0.25) is 21.8 Å². The lowest BCUT2D eigenvalue weighted by Crippen LogP contribution is -2.42. The number of amides is 2. The van der Waals surface area contributed by atoms with Crippen molar-refractivity contribution in [2.45, 2.75) is 45.2 Å². The molecular formula is C27H31N5O5S. The van der Waals surface area contributed by atoms with Gasteiger partial charge in [-0.3, -0.25) is 14.5 Å². The predicted molar refractivity (Wildman–Crippen MR) is 145 cm³/mol. The first-order chi connectivity index (χ1) is 18.1. The fourth-order valence-corrected chi connectivity index (χ4v) is 6.14. The van der Waals surface area contributed by atoms with Crippen LogP contribution in [-0.2, 0) is 19.6 Å². The Bertz CT molecular complexity index is 1450. The first kappa shape index (κ1) is 25.9. The van der Waals surface area contributed by atoms with E-state index < -0.39 is 16.1 Å². The van der Waals surface area contributed by atoms with E-state index >= 15 is 0 Å². The summed E-state index contributed by atoms with van der Waals surface area (Å²) in [5.41, 5.74) is 4.30. The molecule has 10 nitrogen and oxygen atoms in total. The van der Waals surface area contributed by atoms with Crippen LogP contribution < -0.4 is 15.5 Å². The maximum Gasteiger partial charge on any atom is 0.247 e. The van der Waals surface area contributed by atoms with Gasteiger partial charge in [-0.25, -0.2) is 12.7 Å². The first-order valence-corrected chi connectivity index (χ1v) is 14.4. The summed E-state index contributed by atoms with van der Waals surface area (Å²) in [5, 5.41) is 10.5. The molecule has 2 aliphatic heterocycles. The number of rotatable bonds is 7. The fourth-order valence-electron chi connectivity index (χ4n) is 5.25. The van der Waals surface area contributed by atoms with Gasteiger partial charge in [-0.15, -0.1) is 0 Å². The lowest BCUT2D eigenvalue weighted by Gasteiger charge is -2.25. The van der Waals surface area contributed by atoms with E-state index in [0.29, 0.717) is 55.2 Å². The lowest BCUT2D eigenvalue weighted by atomic mass is 10.0. The number of para-hydroxylation sites is 1. The Kier molecular flexibility index (Phi) is 6.97. The summed E-state index contributed by atoms with van der Waals surface area (Å²) < 4.78 is 30.8. The van der Waals surface area contributed by atoms with Crippen molar-refractivity contribution in [1.29, 1.82) is 0 Å². The maximum atomic E-state index is 13.6. The van der Waals surface area contributed by atoms with Crippen molar-refractivity contribution in [1.82, 2.24) is 9.46 Å². The van der Waals surface area contributed by atoms with E-state index in [2.05, 4.69) is 15.8 Å². The van der Waals surface area contributed by atoms with E-state index in [0.717, 1.165) is 16.8 Å². The van der Waals surface area contributed by atoms with Crippen LogP contribution in [0.2, 0.25) is 0 Å². The van der Waals surface area contributed by atoms with Crippen molar-refractivity contribution in [3.05, 3.63) is 60.0 Å². The molecule has 0 saturated carbocycles. The largest absolute Gasteiger partial charge is 0.379 e. The Morgan fingerprint density at radius 2 is 1.84 bits per heavy atom. The molecule has 2 amide bonds. The minimum atomic E-state index is -3.28. The van der Waals surface area contributed by atoms with E-state index in [1.54, 1.807) is 4.90 Å². The number of benzene rings is 2. The molecule has 2 unspecified atom stereocenters. The van der Waals surface area contributed by atoms with Crippen LogP contribution in [-0.4, -0.2) is 61.1 Å². The second kappa shape index (κ2) is 10.2. The molecule has 0 bridgehead atoms. The van der Waals surface area contributed by atoms with Crippen LogP contribution in [0.4, 0.5) is 17.1 Å². The summed E-state index contributed by atoms with van der Waals surface area (Å²) in [7, 11) is -3.28. The monoisotopic (exact) mass is 537 g/mol. The summed E-state index contributed by atoms with van der Waals surface area (Å²) in [5.74, 6) is 0.283. The van der Waals surface area contributed by atoms with Crippen LogP contribution >= 0.6 is 0 Å². The molecule has 11 heteroatoms. The highest BCUT2D eigenvalue weighted by atomic mass is 32.2. The topological polar surface area (TPSA) is 125 Å². The zero-order chi connectivity index (χ0) is 27.0. The van der Waals surface area contributed by atoms with Gasteiger partial charge in [0.15, 0.2) is 0 Å². The number of hydrogen-bond acceptors (Lipinski definition) is 7. The second-order valence-electron chi connectivity index (χ2n) is 9.85. The quantitative estimate of drug-likeness (QED) is 0.472. The zero-order valence-corrected chi connectivity index (χ0v) is 22.4. The molecule has 38 heavy (non-hydrogen) atoms. The van der Waals surface area contributed by atoms with Crippen molar-refractivity contribution in [2.24, 2.45) is 0 Å². The van der Waals surface area contributed by atoms with Gasteiger partial charge in [-0.1, -0.05) is 29.4 Å². The third-order valence-corrected chi connectivity index (χ3v) is 8.40. The molecule has 2 fully saturated rings. The third-order valence-electron chi connectivity index (χ3n) is 7.13. The summed E-state index contributed by atoms with van der Waals surface area (Å²) in [6.07, 6.45) is 2.56. The number of sulfonamides is 1. The van der Waals surface area contributed by atoms with E-state index in [-0.39, 0.29) is 17.9 Å². The van der Waals surface area contributed by atoms with Crippen LogP contribution in [0.1, 0.15) is 30.7 Å². The summed E-state index contributed by atoms with van der Waals surface area (Å²) in [6.45, 7) is 4.47. The van der Waals surface area contributed by atoms with Gasteiger partial charge in [0.1, 0.15) is 11.8 Å². The van der Waals surface area contributed by atoms with Crippen molar-refractivity contribution in [3.63, 3.8) is 0 Å². The number of carbonyl (C=O) groups is 2. The Morgan fingerprint density at radius 1 is 1.08 bits per heavy atom. The number of aromatic nitrogens is 1. The molecule has 3 heterocycles. The summed E-state index contributed by atoms with van der Waals surface area (Å²) in [6, 6.07) is 14.1. The lowest BCUT2D eigenvalue weighted by molar-refractivity contribution is -0.120. The van der Waals surface area contributed by atoms with Crippen molar-refractivity contribution >= 4 is 38.9 Å². The third kappa shape index (κ3) is 5.16. The second-order valence-corrected chi connectivity index (χ2v) is 11.8. The number of anilines is 3. The summed E-state index contributed by atoms with van der Waals surface area (Å²) >= 11 is 0. The van der Waals surface area contributed by atoms with Gasteiger partial charge in [0.05, 0.1) is 23.3 Å². The standard InChI is InChI=1S/C27H31N5O5S/c1-17-26(18(2)37-30-17)19-9-10-22(28-20-13-14-31(16-20)38(3,35)36)23(15-19)29-27(34)24-11-12-25(33)32(24)21-7-5-4-6-8-21/h4-10,15,20,24,28H,11-14,16H2,1-3H3,(H,29,34). The van der Waals surface area contributed by atoms with E-state index in [1.165, 1.54) is 10.6 Å². The summed E-state index contributed by atoms with van der Waals surface area (Å²) in [4.78, 5) is 27.9. The Labute approximate surface area is 222 Å². The molecule has 200 valence electrons. The zero-order valence-electron chi connectivity index (χ0n) is 21.6. The number of carbonyl (C=O) groups excluding carboxylic acids is 2. The molecule has 1 aromatic heterocycles. The van der Waals surface area contributed by atoms with Gasteiger partial charge in [-0.2, -0.15) is 0 Å². The van der Waals surface area contributed by atoms with Crippen LogP contribution in [0.15, 0.2) is 53.1 Å². The van der Waals surface area contributed by atoms with Gasteiger partial charge in [0, 0.05) is 36.8 Å². The van der Waals surface area contributed by atoms with E-state index in [4.69, 9.17) is 4.52 Å². The van der Waals surface area contributed by atoms with Crippen LogP contribution in [0, 0.1) is 13.8 Å². The molecule has 2 atom stereocenters. The molecule has 2 saturated heterocycles. The molecule has 0 radical (unpaired) electrons. The molecule has 2 aliphatic rings. The van der Waals surface area contributed by atoms with Gasteiger partial charge < -0.3 is 15.2 Å². The Morgan fingerprint density at radius 3 is 2.50 bits per heavy atom. The number of nitrogens with zero attached hydrogens (tertiary/aromatic N) is 3. The van der Waals surface area contributed by atoms with E-state index in [1.807, 2.05) is 62.4 Å². The number of hydrogen-bond donors (Lipinski definition) is 2. The normalized spacial score (nSPS) is 20.2. The van der Waals surface area contributed by atoms with Gasteiger partial charge in [-0.05, 0) is 56.5 Å². The van der Waals surface area contributed by atoms with Crippen molar-refractivity contribution in [3.8, 4) is 11.1 Å². The highest BCUT2D eigenvalue weighted by molar-refractivity contribution is 7.88. The smallest absolute Gasteiger partial charge is 0.247 e. The SMILES string of the molecule is Cc1noc(C)c1-c1ccc(NC2CCN(S(C)(=O)=O)C2)c(NC(=O)C2CCC(=O)N2c2ccccc2)c1. The molecule has 3 aromatic rings. The highest BCUT2D eigenvalue weighted by Crippen LogP contribution is 2.35. The highest BCUT2D eigenvalue weighted by Gasteiger charge is 2.37. The van der Waals surface area contributed by atoms with Crippen molar-refractivity contribution < 1.29 is 22.5 Å². The fraction of sp³-hybridized carbons (Fsp3) is 0.370. The molecule has 0 aliphatic carbocycles. The first-order valence-electron chi connectivity index (χ1n) is 12.6. The average molecular weight is 538 g/mol. The van der Waals surface area contributed by atoms with Crippen LogP contribution in [0.5, 0.6) is 0 Å². The van der Waals surface area contributed by atoms with E-state index in [9.17, 15) is 18.0 Å². The minimum Gasteiger partial charge on any atom is -0.379 e. The average Bonchev–Trinajstić information content (AvgIpc) is 3.59. The molecule has 0 spiro atoms. The van der Waals surface area contributed by atoms with Crippen LogP contribution in [0.3, 0.4) is 0 Å². The minimum absolute atomic E-state index is 0.0917. The van der Waals surface area contributed by atoms with Gasteiger partial charge in [0.25, 0.3) is 0 Å². The number of aryl methyl sites for hydroxylation is 2. The van der Waals surface area contributed by atoms with Gasteiger partial charge >= 0.3 is 0 Å². The predicted octanol–water partition coefficient (Wildman–Crippen LogP) is 3.54. The molecular weight excluding hydrogens is 506 g/mol. The Hall–Kier alpha value is -3.70. The molecule has 2 aromatic carbocycles. The Balaban J connectivity index is 1.45. The number of nitrogens with one attached hydrogen (secondary N) is 2.